The van der Waals surface area contributed by atoms with E-state index < -0.39 is 0 Å². The number of nitrogens with one attached hydrogen (secondary N) is 2. The molecule has 1 aliphatic rings. The first-order valence-electron chi connectivity index (χ1n) is 2.75. The van der Waals surface area contributed by atoms with Gasteiger partial charge in [-0.15, -0.1) is 0 Å². The van der Waals surface area contributed by atoms with Gasteiger partial charge in [-0.3, -0.25) is 15.5 Å². The summed E-state index contributed by atoms with van der Waals surface area (Å²) in [5.74, 6) is -0.451. The second-order valence-corrected chi connectivity index (χ2v) is 1.98. The maximum Gasteiger partial charge on any atom is 0.259 e. The van der Waals surface area contributed by atoms with Crippen LogP contribution in [0, 0.1) is 5.41 Å². The highest BCUT2D eigenvalue weighted by atomic mass is 16.2. The van der Waals surface area contributed by atoms with Crippen molar-refractivity contribution >= 4 is 17.6 Å². The molecule has 0 fully saturated rings. The summed E-state index contributed by atoms with van der Waals surface area (Å²) in [6, 6.07) is 0. The summed E-state index contributed by atoms with van der Waals surface area (Å²) in [6.07, 6.45) is 0. The highest BCUT2D eigenvalue weighted by Gasteiger charge is 2.16. The van der Waals surface area contributed by atoms with Gasteiger partial charge in [0.25, 0.3) is 5.91 Å². The minimum Gasteiger partial charge on any atom is -0.291 e. The second kappa shape index (κ2) is 2.06. The Kier molecular flexibility index (Phi) is 1.37. The fraction of sp³-hybridized carbons (Fsp3) is 0.167. The monoisotopic (exact) mass is 137 g/mol. The molecule has 0 spiro atoms. The average Bonchev–Trinajstić information content (AvgIpc) is 1.82. The molecule has 0 aromatic carbocycles. The van der Waals surface area contributed by atoms with Gasteiger partial charge in [-0.25, -0.2) is 4.99 Å². The zero-order chi connectivity index (χ0) is 7.72. The quantitative estimate of drug-likeness (QED) is 0.456. The van der Waals surface area contributed by atoms with Crippen LogP contribution >= 0.6 is 0 Å². The van der Waals surface area contributed by atoms with Crippen molar-refractivity contribution in [3.05, 3.63) is 12.2 Å². The number of aliphatic imine (C=N–C) groups is 1. The lowest BCUT2D eigenvalue weighted by atomic mass is 10.2. The van der Waals surface area contributed by atoms with Gasteiger partial charge in [-0.2, -0.15) is 0 Å². The van der Waals surface area contributed by atoms with Crippen LogP contribution in [0.3, 0.4) is 0 Å². The molecule has 0 aromatic rings. The van der Waals surface area contributed by atoms with Crippen molar-refractivity contribution in [1.29, 1.82) is 5.41 Å². The number of hydrogen-bond acceptors (Lipinski definition) is 2. The van der Waals surface area contributed by atoms with Crippen LogP contribution in [0.4, 0.5) is 0 Å². The van der Waals surface area contributed by atoms with Crippen LogP contribution in [0.15, 0.2) is 17.1 Å². The molecular weight excluding hydrogens is 130 g/mol. The molecule has 1 rings (SSSR count). The van der Waals surface area contributed by atoms with Gasteiger partial charge in [-0.05, 0) is 6.92 Å². The maximum absolute atomic E-state index is 10.8. The van der Waals surface area contributed by atoms with Crippen molar-refractivity contribution in [2.24, 2.45) is 4.99 Å². The summed E-state index contributed by atoms with van der Waals surface area (Å²) in [5, 5.41) is 9.20. The Labute approximate surface area is 58.2 Å². The maximum atomic E-state index is 10.8. The molecule has 1 heterocycles. The van der Waals surface area contributed by atoms with Crippen molar-refractivity contribution in [3.8, 4) is 0 Å². The third-order valence-corrected chi connectivity index (χ3v) is 1.22. The van der Waals surface area contributed by atoms with E-state index in [1.54, 1.807) is 6.92 Å². The SMILES string of the molecule is C=C1C(=O)NC(=N)N=C1C. The Bertz CT molecular complexity index is 252. The van der Waals surface area contributed by atoms with Gasteiger partial charge >= 0.3 is 0 Å². The second-order valence-electron chi connectivity index (χ2n) is 1.98. The fourth-order valence-corrected chi connectivity index (χ4v) is 0.610. The van der Waals surface area contributed by atoms with Crippen LogP contribution in [0.25, 0.3) is 0 Å². The Hall–Kier alpha value is -1.45. The van der Waals surface area contributed by atoms with Gasteiger partial charge in [0.05, 0.1) is 11.3 Å². The molecule has 1 amide bonds. The summed E-state index contributed by atoms with van der Waals surface area (Å²) in [7, 11) is 0. The molecule has 2 N–H and O–H groups in total. The largest absolute Gasteiger partial charge is 0.291 e. The van der Waals surface area contributed by atoms with Gasteiger partial charge < -0.3 is 0 Å². The minimum absolute atomic E-state index is 0.116. The molecule has 52 valence electrons. The predicted molar refractivity (Wildman–Crippen MR) is 38.1 cm³/mol. The molecule has 0 unspecified atom stereocenters. The molecule has 4 nitrogen and oxygen atoms in total. The van der Waals surface area contributed by atoms with E-state index in [1.165, 1.54) is 0 Å². The first kappa shape index (κ1) is 6.67. The Morgan fingerprint density at radius 3 is 2.80 bits per heavy atom. The van der Waals surface area contributed by atoms with Crippen LogP contribution in [0.5, 0.6) is 0 Å². The Morgan fingerprint density at radius 1 is 1.70 bits per heavy atom. The average molecular weight is 137 g/mol. The zero-order valence-corrected chi connectivity index (χ0v) is 5.56. The third-order valence-electron chi connectivity index (χ3n) is 1.22. The number of amides is 1. The summed E-state index contributed by atoms with van der Waals surface area (Å²) in [6.45, 7) is 5.12. The molecule has 0 aromatic heterocycles. The van der Waals surface area contributed by atoms with Crippen LogP contribution < -0.4 is 5.32 Å². The molecule has 0 saturated carbocycles. The van der Waals surface area contributed by atoms with E-state index in [1.807, 2.05) is 0 Å². The van der Waals surface area contributed by atoms with Gasteiger partial charge in [0.2, 0.25) is 5.96 Å². The summed E-state index contributed by atoms with van der Waals surface area (Å²) < 4.78 is 0. The molecular formula is C6H7N3O. The smallest absolute Gasteiger partial charge is 0.259 e. The van der Waals surface area contributed by atoms with Gasteiger partial charge in [0, 0.05) is 0 Å². The van der Waals surface area contributed by atoms with Gasteiger partial charge in [-0.1, -0.05) is 6.58 Å². The van der Waals surface area contributed by atoms with Gasteiger partial charge in [0.15, 0.2) is 0 Å². The molecule has 1 aliphatic heterocycles. The topological polar surface area (TPSA) is 65.3 Å². The first-order chi connectivity index (χ1) is 4.61. The Morgan fingerprint density at radius 2 is 2.30 bits per heavy atom. The Balaban J connectivity index is 3.03. The van der Waals surface area contributed by atoms with E-state index in [0.29, 0.717) is 11.3 Å². The molecule has 10 heavy (non-hydrogen) atoms. The first-order valence-corrected chi connectivity index (χ1v) is 2.75. The molecule has 0 radical (unpaired) electrons. The predicted octanol–water partition coefficient (Wildman–Crippen LogP) is 0.0681. The van der Waals surface area contributed by atoms with Crippen LogP contribution in [0.2, 0.25) is 0 Å². The summed E-state index contributed by atoms with van der Waals surface area (Å²) in [5.41, 5.74) is 0.838. The van der Waals surface area contributed by atoms with E-state index in [9.17, 15) is 4.79 Å². The lowest BCUT2D eigenvalue weighted by molar-refractivity contribution is -0.115. The molecule has 4 heteroatoms. The normalized spacial score (nSPS) is 18.5. The number of carbonyl (C=O) groups excluding carboxylic acids is 1. The summed E-state index contributed by atoms with van der Waals surface area (Å²) in [4.78, 5) is 14.5. The van der Waals surface area contributed by atoms with Crippen LogP contribution in [-0.2, 0) is 4.79 Å². The number of nitrogens with zero attached hydrogens (tertiary/aromatic N) is 1. The number of rotatable bonds is 0. The third kappa shape index (κ3) is 0.953. The lowest BCUT2D eigenvalue weighted by Crippen LogP contribution is -2.36. The van der Waals surface area contributed by atoms with Gasteiger partial charge in [0.1, 0.15) is 0 Å². The van der Waals surface area contributed by atoms with E-state index in [0.717, 1.165) is 0 Å². The van der Waals surface area contributed by atoms with Crippen molar-refractivity contribution in [2.45, 2.75) is 6.92 Å². The van der Waals surface area contributed by atoms with Crippen LogP contribution in [-0.4, -0.2) is 17.6 Å². The number of hydrogen-bond donors (Lipinski definition) is 2. The van der Waals surface area contributed by atoms with Crippen molar-refractivity contribution < 1.29 is 4.79 Å². The number of carbonyl (C=O) groups is 1. The van der Waals surface area contributed by atoms with Crippen molar-refractivity contribution in [3.63, 3.8) is 0 Å². The highest BCUT2D eigenvalue weighted by Crippen LogP contribution is 2.00. The zero-order valence-electron chi connectivity index (χ0n) is 5.56. The van der Waals surface area contributed by atoms with E-state index in [4.69, 9.17) is 5.41 Å². The highest BCUT2D eigenvalue weighted by molar-refractivity contribution is 6.28. The molecule has 0 saturated heterocycles. The molecule has 0 atom stereocenters. The fourth-order valence-electron chi connectivity index (χ4n) is 0.610. The standard InChI is InChI=1S/C6H7N3O/c1-3-4(2)8-6(7)9-5(3)10/h1H2,2H3,(H2,7,9,10). The van der Waals surface area contributed by atoms with Crippen molar-refractivity contribution in [2.75, 3.05) is 0 Å². The van der Waals surface area contributed by atoms with Crippen LogP contribution in [0.1, 0.15) is 6.92 Å². The number of guanidine groups is 1. The van der Waals surface area contributed by atoms with E-state index >= 15 is 0 Å². The van der Waals surface area contributed by atoms with E-state index in [-0.39, 0.29) is 11.9 Å². The lowest BCUT2D eigenvalue weighted by Gasteiger charge is -2.11. The minimum atomic E-state index is -0.336. The van der Waals surface area contributed by atoms with E-state index in [2.05, 4.69) is 16.9 Å². The summed E-state index contributed by atoms with van der Waals surface area (Å²) >= 11 is 0. The van der Waals surface area contributed by atoms with Crippen molar-refractivity contribution in [1.82, 2.24) is 5.32 Å². The molecule has 0 bridgehead atoms. The molecule has 0 aliphatic carbocycles.